The summed E-state index contributed by atoms with van der Waals surface area (Å²) in [5.41, 5.74) is -0.320. The summed E-state index contributed by atoms with van der Waals surface area (Å²) < 4.78 is 5.25. The second kappa shape index (κ2) is 10.5. The molecule has 226 valence electrons. The molecule has 0 spiro atoms. The lowest BCUT2D eigenvalue weighted by molar-refractivity contribution is -0.280. The van der Waals surface area contributed by atoms with Crippen LogP contribution in [0.15, 0.2) is 0 Å². The molecule has 0 aromatic rings. The molecule has 0 saturated heterocycles. The van der Waals surface area contributed by atoms with Gasteiger partial charge in [-0.05, 0) is 116 Å². The first kappa shape index (κ1) is 30.3. The lowest BCUT2D eigenvalue weighted by Gasteiger charge is -2.72. The number of aliphatic hydroxyl groups excluding tert-OH is 4. The third-order valence-corrected chi connectivity index (χ3v) is 14.5. The van der Waals surface area contributed by atoms with Crippen LogP contribution < -0.4 is 0 Å². The lowest BCUT2D eigenvalue weighted by Crippen LogP contribution is -2.70. The van der Waals surface area contributed by atoms with Gasteiger partial charge in [0, 0.05) is 24.4 Å². The van der Waals surface area contributed by atoms with Gasteiger partial charge in [0.1, 0.15) is 0 Å². The van der Waals surface area contributed by atoms with Crippen LogP contribution in [0.5, 0.6) is 0 Å². The van der Waals surface area contributed by atoms with Gasteiger partial charge >= 0.3 is 0 Å². The van der Waals surface area contributed by atoms with Gasteiger partial charge in [-0.1, -0.05) is 48.0 Å². The van der Waals surface area contributed by atoms with Gasteiger partial charge in [0.2, 0.25) is 0 Å². The first-order chi connectivity index (χ1) is 18.2. The lowest BCUT2D eigenvalue weighted by atomic mass is 9.34. The molecule has 0 heterocycles. The summed E-state index contributed by atoms with van der Waals surface area (Å²) in [7, 11) is 1.61. The number of ether oxygens (including phenoxy) is 1. The molecule has 39 heavy (non-hydrogen) atoms. The Morgan fingerprint density at radius 3 is 2.05 bits per heavy atom. The topological polar surface area (TPSA) is 90.2 Å². The van der Waals surface area contributed by atoms with E-state index in [1.165, 1.54) is 32.1 Å². The maximum Gasteiger partial charge on any atom is 0.156 e. The van der Waals surface area contributed by atoms with Crippen LogP contribution in [0.1, 0.15) is 106 Å². The molecule has 0 aromatic carbocycles. The molecule has 0 aromatic heterocycles. The van der Waals surface area contributed by atoms with E-state index in [0.717, 1.165) is 25.7 Å². The van der Waals surface area contributed by atoms with Gasteiger partial charge in [0.15, 0.2) is 6.29 Å². The van der Waals surface area contributed by atoms with E-state index in [1.54, 1.807) is 7.11 Å². The molecule has 5 fully saturated rings. The second-order valence-corrected chi connectivity index (χ2v) is 16.4. The van der Waals surface area contributed by atoms with E-state index in [1.807, 2.05) is 6.92 Å². The summed E-state index contributed by atoms with van der Waals surface area (Å²) in [4.78, 5) is 0. The van der Waals surface area contributed by atoms with Crippen molar-refractivity contribution in [2.24, 2.45) is 75.4 Å². The highest BCUT2D eigenvalue weighted by Gasteiger charge is 2.70. The van der Waals surface area contributed by atoms with E-state index in [4.69, 9.17) is 4.74 Å². The molecule has 4 N–H and O–H groups in total. The zero-order chi connectivity index (χ0) is 28.7. The average Bonchev–Trinajstić information content (AvgIpc) is 2.85. The molecule has 0 amide bonds. The van der Waals surface area contributed by atoms with E-state index < -0.39 is 18.5 Å². The second-order valence-electron chi connectivity index (χ2n) is 16.4. The fourth-order valence-corrected chi connectivity index (χ4v) is 12.7. The molecule has 5 aliphatic rings. The molecule has 0 bridgehead atoms. The summed E-state index contributed by atoms with van der Waals surface area (Å²) in [5, 5.41) is 45.3. The third kappa shape index (κ3) is 4.50. The predicted octanol–water partition coefficient (Wildman–Crippen LogP) is 5.87. The van der Waals surface area contributed by atoms with Gasteiger partial charge < -0.3 is 25.2 Å². The van der Waals surface area contributed by atoms with Gasteiger partial charge in [-0.25, -0.2) is 0 Å². The Balaban J connectivity index is 1.45. The summed E-state index contributed by atoms with van der Waals surface area (Å²) >= 11 is 0. The monoisotopic (exact) mass is 548 g/mol. The van der Waals surface area contributed by atoms with Crippen LogP contribution in [0.3, 0.4) is 0 Å². The highest BCUT2D eigenvalue weighted by molar-refractivity contribution is 5.18. The van der Waals surface area contributed by atoms with Crippen LogP contribution in [0.2, 0.25) is 0 Å². The van der Waals surface area contributed by atoms with Crippen molar-refractivity contribution in [2.45, 2.75) is 131 Å². The molecular weight excluding hydrogens is 488 g/mol. The first-order valence-electron chi connectivity index (χ1n) is 16.4. The number of hydrogen-bond donors (Lipinski definition) is 4. The zero-order valence-electron chi connectivity index (χ0n) is 26.1. The molecular formula is C34H60O5. The highest BCUT2D eigenvalue weighted by Crippen LogP contribution is 2.73. The van der Waals surface area contributed by atoms with E-state index in [0.29, 0.717) is 29.6 Å². The van der Waals surface area contributed by atoms with Gasteiger partial charge in [0.25, 0.3) is 0 Å². The Labute approximate surface area is 238 Å². The maximum atomic E-state index is 12.4. The normalized spacial score (nSPS) is 57.5. The van der Waals surface area contributed by atoms with Crippen molar-refractivity contribution in [2.75, 3.05) is 7.11 Å². The van der Waals surface area contributed by atoms with Crippen LogP contribution in [-0.4, -0.2) is 52.1 Å². The molecule has 5 aliphatic carbocycles. The summed E-state index contributed by atoms with van der Waals surface area (Å²) in [6.45, 7) is 16.0. The maximum absolute atomic E-state index is 12.4. The molecule has 0 aliphatic heterocycles. The third-order valence-electron chi connectivity index (χ3n) is 14.5. The van der Waals surface area contributed by atoms with E-state index in [9.17, 15) is 20.4 Å². The standard InChI is InChI=1S/C34H60O5/c1-18-9-14-24(22-10-12-23(13-11-22)31(38)39-8)25-16-32(5)17-33(6)15-19(2)26(21(4)35)30(37)34(33,7)20(3)28(32)29(36)27(18)25/h18-31,35-38H,9-17H2,1-8H3. The fraction of sp³-hybridized carbons (Fsp3) is 1.00. The van der Waals surface area contributed by atoms with Crippen molar-refractivity contribution in [3.63, 3.8) is 0 Å². The van der Waals surface area contributed by atoms with Gasteiger partial charge in [0.05, 0.1) is 18.3 Å². The molecule has 5 nitrogen and oxygen atoms in total. The Bertz CT molecular complexity index is 870. The predicted molar refractivity (Wildman–Crippen MR) is 155 cm³/mol. The van der Waals surface area contributed by atoms with Crippen molar-refractivity contribution in [1.82, 2.24) is 0 Å². The Kier molecular flexibility index (Phi) is 8.15. The van der Waals surface area contributed by atoms with Crippen molar-refractivity contribution in [1.29, 1.82) is 0 Å². The van der Waals surface area contributed by atoms with Crippen LogP contribution >= 0.6 is 0 Å². The molecule has 15 atom stereocenters. The van der Waals surface area contributed by atoms with Gasteiger partial charge in [-0.15, -0.1) is 0 Å². The minimum Gasteiger partial charge on any atom is -0.393 e. The van der Waals surface area contributed by atoms with Gasteiger partial charge in [-0.2, -0.15) is 0 Å². The molecule has 5 rings (SSSR count). The average molecular weight is 549 g/mol. The van der Waals surface area contributed by atoms with E-state index >= 15 is 0 Å². The number of aliphatic hydroxyl groups is 4. The summed E-state index contributed by atoms with van der Waals surface area (Å²) in [5.74, 6) is 3.50. The van der Waals surface area contributed by atoms with E-state index in [2.05, 4.69) is 41.5 Å². The summed E-state index contributed by atoms with van der Waals surface area (Å²) in [6.07, 6.45) is 8.07. The first-order valence-corrected chi connectivity index (χ1v) is 16.4. The highest BCUT2D eigenvalue weighted by atomic mass is 16.6. The van der Waals surface area contributed by atoms with Crippen LogP contribution in [0.25, 0.3) is 0 Å². The Morgan fingerprint density at radius 1 is 0.821 bits per heavy atom. The number of hydrogen-bond acceptors (Lipinski definition) is 5. The zero-order valence-corrected chi connectivity index (χ0v) is 26.1. The molecule has 0 radical (unpaired) electrons. The number of fused-ring (bicyclic) bond motifs is 3. The Hall–Kier alpha value is -0.200. The smallest absolute Gasteiger partial charge is 0.156 e. The van der Waals surface area contributed by atoms with Gasteiger partial charge in [-0.3, -0.25) is 0 Å². The van der Waals surface area contributed by atoms with Crippen LogP contribution in [0.4, 0.5) is 0 Å². The SMILES string of the molecule is COC(O)C1CCC(C2CCC(C)C3C(O)C4C(C)C5(C)C(O)C(C(C)O)C(C)CC5(C)CC4(C)CC23)CC1. The van der Waals surface area contributed by atoms with Crippen molar-refractivity contribution in [3.05, 3.63) is 0 Å². The van der Waals surface area contributed by atoms with Crippen LogP contribution in [0, 0.1) is 75.4 Å². The minimum atomic E-state index is -0.637. The molecule has 15 unspecified atom stereocenters. The molecule has 5 heteroatoms. The van der Waals surface area contributed by atoms with Crippen molar-refractivity contribution < 1.29 is 25.2 Å². The molecule has 5 saturated carbocycles. The van der Waals surface area contributed by atoms with Crippen LogP contribution in [-0.2, 0) is 4.74 Å². The Morgan fingerprint density at radius 2 is 1.46 bits per heavy atom. The van der Waals surface area contributed by atoms with E-state index in [-0.39, 0.29) is 51.9 Å². The number of rotatable bonds is 4. The largest absolute Gasteiger partial charge is 0.393 e. The van der Waals surface area contributed by atoms with Crippen molar-refractivity contribution >= 4 is 0 Å². The van der Waals surface area contributed by atoms with Crippen molar-refractivity contribution in [3.8, 4) is 0 Å². The summed E-state index contributed by atoms with van der Waals surface area (Å²) in [6, 6.07) is 0. The quantitative estimate of drug-likeness (QED) is 0.330. The number of methoxy groups -OCH3 is 1. The fourth-order valence-electron chi connectivity index (χ4n) is 12.7. The minimum absolute atomic E-state index is 0.0292.